The Morgan fingerprint density at radius 3 is 2.80 bits per heavy atom. The van der Waals surface area contributed by atoms with Gasteiger partial charge in [0.2, 0.25) is 0 Å². The van der Waals surface area contributed by atoms with Crippen molar-refractivity contribution in [3.63, 3.8) is 0 Å². The van der Waals surface area contributed by atoms with Crippen molar-refractivity contribution in [2.45, 2.75) is 39.2 Å². The number of aromatic nitrogens is 1. The molecule has 3 rings (SSSR count). The second kappa shape index (κ2) is 5.31. The smallest absolute Gasteiger partial charge is 0.256 e. The number of benzene rings is 1. The third kappa shape index (κ3) is 2.58. The summed E-state index contributed by atoms with van der Waals surface area (Å²) in [4.78, 5) is 18.1. The minimum absolute atomic E-state index is 0.186. The van der Waals surface area contributed by atoms with Gasteiger partial charge >= 0.3 is 0 Å². The number of carbonyl (C=O) groups excluding carboxylic acids is 1. The van der Waals surface area contributed by atoms with Crippen LogP contribution in [0.2, 0.25) is 0 Å². The Labute approximate surface area is 120 Å². The predicted octanol–water partition coefficient (Wildman–Crippen LogP) is 3.82. The number of para-hydroxylation sites is 1. The minimum atomic E-state index is 0.186. The molecule has 0 spiro atoms. The van der Waals surface area contributed by atoms with E-state index in [1.54, 1.807) is 0 Å². The number of hydrogen-bond donors (Lipinski definition) is 1. The lowest BCUT2D eigenvalue weighted by Gasteiger charge is -2.23. The zero-order chi connectivity index (χ0) is 14.1. The Morgan fingerprint density at radius 2 is 2.10 bits per heavy atom. The maximum atomic E-state index is 12.8. The number of rotatable bonds is 5. The van der Waals surface area contributed by atoms with Gasteiger partial charge in [0.15, 0.2) is 0 Å². The topological polar surface area (TPSA) is 36.1 Å². The number of H-pyrrole nitrogens is 1. The van der Waals surface area contributed by atoms with E-state index < -0.39 is 0 Å². The zero-order valence-corrected chi connectivity index (χ0v) is 12.2. The maximum absolute atomic E-state index is 12.8. The average Bonchev–Trinajstić information content (AvgIpc) is 3.17. The average molecular weight is 270 g/mol. The Bertz CT molecular complexity index is 610. The first-order chi connectivity index (χ1) is 9.66. The van der Waals surface area contributed by atoms with E-state index in [0.717, 1.165) is 42.3 Å². The third-order valence-corrected chi connectivity index (χ3v) is 4.02. The van der Waals surface area contributed by atoms with E-state index in [1.165, 1.54) is 0 Å². The third-order valence-electron chi connectivity index (χ3n) is 4.02. The Kier molecular flexibility index (Phi) is 3.51. The number of amides is 1. The van der Waals surface area contributed by atoms with Crippen molar-refractivity contribution in [2.75, 3.05) is 6.54 Å². The van der Waals surface area contributed by atoms with Gasteiger partial charge in [-0.1, -0.05) is 32.0 Å². The molecule has 1 heterocycles. The van der Waals surface area contributed by atoms with Gasteiger partial charge in [0, 0.05) is 29.7 Å². The summed E-state index contributed by atoms with van der Waals surface area (Å²) in [5, 5.41) is 1.03. The molecular weight excluding hydrogens is 248 g/mol. The van der Waals surface area contributed by atoms with Crippen LogP contribution in [0.5, 0.6) is 0 Å². The summed E-state index contributed by atoms with van der Waals surface area (Å²) in [7, 11) is 0. The minimum Gasteiger partial charge on any atom is -0.360 e. The Hall–Kier alpha value is -1.77. The molecule has 3 heteroatoms. The van der Waals surface area contributed by atoms with E-state index in [2.05, 4.69) is 23.7 Å². The molecule has 20 heavy (non-hydrogen) atoms. The zero-order valence-electron chi connectivity index (χ0n) is 12.2. The van der Waals surface area contributed by atoms with Gasteiger partial charge in [-0.15, -0.1) is 0 Å². The highest BCUT2D eigenvalue weighted by molar-refractivity contribution is 6.06. The van der Waals surface area contributed by atoms with Crippen LogP contribution in [0.4, 0.5) is 0 Å². The molecule has 2 aromatic rings. The second-order valence-electron chi connectivity index (χ2n) is 6.16. The number of hydrogen-bond acceptors (Lipinski definition) is 1. The summed E-state index contributed by atoms with van der Waals surface area (Å²) in [5.74, 6) is 0.817. The summed E-state index contributed by atoms with van der Waals surface area (Å²) in [6, 6.07) is 8.48. The molecule has 1 aromatic carbocycles. The first-order valence-electron chi connectivity index (χ1n) is 7.54. The van der Waals surface area contributed by atoms with Gasteiger partial charge in [-0.05, 0) is 31.2 Å². The van der Waals surface area contributed by atoms with Crippen LogP contribution in [0.15, 0.2) is 30.5 Å². The number of fused-ring (bicyclic) bond motifs is 1. The fourth-order valence-electron chi connectivity index (χ4n) is 2.64. The summed E-state index contributed by atoms with van der Waals surface area (Å²) in [6.07, 6.45) is 5.25. The molecule has 0 atom stereocenters. The second-order valence-corrected chi connectivity index (χ2v) is 6.16. The Balaban J connectivity index is 1.85. The number of nitrogens with one attached hydrogen (secondary N) is 1. The van der Waals surface area contributed by atoms with Crippen molar-refractivity contribution in [2.24, 2.45) is 5.92 Å². The largest absolute Gasteiger partial charge is 0.360 e. The van der Waals surface area contributed by atoms with Crippen LogP contribution >= 0.6 is 0 Å². The first-order valence-corrected chi connectivity index (χ1v) is 7.54. The molecule has 0 radical (unpaired) electrons. The van der Waals surface area contributed by atoms with E-state index >= 15 is 0 Å². The molecule has 1 aliphatic carbocycles. The summed E-state index contributed by atoms with van der Waals surface area (Å²) >= 11 is 0. The molecular formula is C17H22N2O. The van der Waals surface area contributed by atoms with Crippen LogP contribution in [0.25, 0.3) is 10.9 Å². The normalized spacial score (nSPS) is 14.9. The fourth-order valence-corrected chi connectivity index (χ4v) is 2.64. The SMILES string of the molecule is CC(C)CCN(C(=O)c1c[nH]c2ccccc12)C1CC1. The number of carbonyl (C=O) groups is 1. The maximum Gasteiger partial charge on any atom is 0.256 e. The van der Waals surface area contributed by atoms with E-state index in [4.69, 9.17) is 0 Å². The van der Waals surface area contributed by atoms with E-state index in [1.807, 2.05) is 30.5 Å². The molecule has 1 N–H and O–H groups in total. The van der Waals surface area contributed by atoms with Gasteiger partial charge in [-0.3, -0.25) is 4.79 Å². The van der Waals surface area contributed by atoms with E-state index in [9.17, 15) is 4.79 Å². The standard InChI is InChI=1S/C17H22N2O/c1-12(2)9-10-19(13-7-8-13)17(20)15-11-18-16-6-4-3-5-14(15)16/h3-6,11-13,18H,7-10H2,1-2H3. The lowest BCUT2D eigenvalue weighted by Crippen LogP contribution is -2.34. The van der Waals surface area contributed by atoms with E-state index in [0.29, 0.717) is 12.0 Å². The lowest BCUT2D eigenvalue weighted by atomic mass is 10.1. The van der Waals surface area contributed by atoms with Crippen LogP contribution in [-0.2, 0) is 0 Å². The lowest BCUT2D eigenvalue weighted by molar-refractivity contribution is 0.0737. The predicted molar refractivity (Wildman–Crippen MR) is 81.8 cm³/mol. The Morgan fingerprint density at radius 1 is 1.35 bits per heavy atom. The summed E-state index contributed by atoms with van der Waals surface area (Å²) in [6.45, 7) is 5.29. The van der Waals surface area contributed by atoms with Crippen molar-refractivity contribution < 1.29 is 4.79 Å². The van der Waals surface area contributed by atoms with Crippen molar-refractivity contribution in [3.8, 4) is 0 Å². The van der Waals surface area contributed by atoms with Crippen molar-refractivity contribution in [1.82, 2.24) is 9.88 Å². The molecule has 1 saturated carbocycles. The number of aromatic amines is 1. The monoisotopic (exact) mass is 270 g/mol. The molecule has 1 aromatic heterocycles. The molecule has 1 aliphatic rings. The molecule has 1 amide bonds. The molecule has 106 valence electrons. The van der Waals surface area contributed by atoms with E-state index in [-0.39, 0.29) is 5.91 Å². The number of nitrogens with zero attached hydrogens (tertiary/aromatic N) is 1. The highest BCUT2D eigenvalue weighted by Gasteiger charge is 2.33. The van der Waals surface area contributed by atoms with Crippen LogP contribution in [0.1, 0.15) is 43.5 Å². The summed E-state index contributed by atoms with van der Waals surface area (Å²) < 4.78 is 0. The van der Waals surface area contributed by atoms with Gasteiger partial charge in [0.1, 0.15) is 0 Å². The van der Waals surface area contributed by atoms with Crippen molar-refractivity contribution >= 4 is 16.8 Å². The molecule has 0 saturated heterocycles. The molecule has 0 unspecified atom stereocenters. The quantitative estimate of drug-likeness (QED) is 0.881. The molecule has 3 nitrogen and oxygen atoms in total. The van der Waals surface area contributed by atoms with Crippen molar-refractivity contribution in [1.29, 1.82) is 0 Å². The van der Waals surface area contributed by atoms with Gasteiger partial charge < -0.3 is 9.88 Å². The van der Waals surface area contributed by atoms with Crippen molar-refractivity contribution in [3.05, 3.63) is 36.0 Å². The highest BCUT2D eigenvalue weighted by Crippen LogP contribution is 2.30. The van der Waals surface area contributed by atoms with Crippen LogP contribution in [-0.4, -0.2) is 28.4 Å². The van der Waals surface area contributed by atoms with Gasteiger partial charge in [-0.2, -0.15) is 0 Å². The van der Waals surface area contributed by atoms with Crippen LogP contribution < -0.4 is 0 Å². The molecule has 0 aliphatic heterocycles. The van der Waals surface area contributed by atoms with Gasteiger partial charge in [0.05, 0.1) is 5.56 Å². The molecule has 1 fully saturated rings. The highest BCUT2D eigenvalue weighted by atomic mass is 16.2. The fraction of sp³-hybridized carbons (Fsp3) is 0.471. The first kappa shape index (κ1) is 13.2. The van der Waals surface area contributed by atoms with Crippen LogP contribution in [0, 0.1) is 5.92 Å². The van der Waals surface area contributed by atoms with Gasteiger partial charge in [-0.25, -0.2) is 0 Å². The summed E-state index contributed by atoms with van der Waals surface area (Å²) in [5.41, 5.74) is 1.85. The van der Waals surface area contributed by atoms with Gasteiger partial charge in [0.25, 0.3) is 5.91 Å². The molecule has 0 bridgehead atoms. The van der Waals surface area contributed by atoms with Crippen LogP contribution in [0.3, 0.4) is 0 Å².